The minimum absolute atomic E-state index is 0.0189. The van der Waals surface area contributed by atoms with E-state index >= 15 is 0 Å². The van der Waals surface area contributed by atoms with Crippen LogP contribution in [-0.4, -0.2) is 55.6 Å². The molecule has 0 atom stereocenters. The van der Waals surface area contributed by atoms with Crippen LogP contribution in [0, 0.1) is 11.7 Å². The standard InChI is InChI=1S/C21H27FN2O3/c1-26-13-11-24(21(25)19-8-12-27-16-19)14-17-6-9-23(10-7-17)15-18-4-2-3-5-20(18)22/h2-5,8,12,16-17H,6-7,9-11,13-15H2,1H3. The Morgan fingerprint density at radius 3 is 2.74 bits per heavy atom. The van der Waals surface area contributed by atoms with E-state index in [1.165, 1.54) is 18.6 Å². The number of halogens is 1. The number of furan rings is 1. The lowest BCUT2D eigenvalue weighted by molar-refractivity contribution is 0.0616. The fourth-order valence-corrected chi connectivity index (χ4v) is 3.55. The van der Waals surface area contributed by atoms with Crippen molar-refractivity contribution in [1.82, 2.24) is 9.80 Å². The molecule has 3 rings (SSSR count). The van der Waals surface area contributed by atoms with E-state index in [-0.39, 0.29) is 11.7 Å². The Morgan fingerprint density at radius 2 is 2.07 bits per heavy atom. The maximum Gasteiger partial charge on any atom is 0.257 e. The Balaban J connectivity index is 1.52. The summed E-state index contributed by atoms with van der Waals surface area (Å²) in [5.41, 5.74) is 1.32. The predicted molar refractivity (Wildman–Crippen MR) is 101 cm³/mol. The second kappa shape index (κ2) is 9.67. The third-order valence-electron chi connectivity index (χ3n) is 5.16. The monoisotopic (exact) mass is 374 g/mol. The second-order valence-corrected chi connectivity index (χ2v) is 7.07. The van der Waals surface area contributed by atoms with Crippen LogP contribution in [0.1, 0.15) is 28.8 Å². The molecule has 0 spiro atoms. The van der Waals surface area contributed by atoms with Crippen molar-refractivity contribution in [3.63, 3.8) is 0 Å². The summed E-state index contributed by atoms with van der Waals surface area (Å²) in [6.45, 7) is 4.25. The van der Waals surface area contributed by atoms with Crippen LogP contribution in [0.3, 0.4) is 0 Å². The number of ether oxygens (including phenoxy) is 1. The highest BCUT2D eigenvalue weighted by molar-refractivity contribution is 5.93. The largest absolute Gasteiger partial charge is 0.472 e. The Kier molecular flexibility index (Phi) is 7.01. The molecular weight excluding hydrogens is 347 g/mol. The minimum atomic E-state index is -0.143. The summed E-state index contributed by atoms with van der Waals surface area (Å²) >= 11 is 0. The van der Waals surface area contributed by atoms with Crippen molar-refractivity contribution in [1.29, 1.82) is 0 Å². The van der Waals surface area contributed by atoms with Crippen molar-refractivity contribution < 1.29 is 18.3 Å². The molecule has 2 aromatic rings. The Morgan fingerprint density at radius 1 is 1.30 bits per heavy atom. The number of carbonyl (C=O) groups is 1. The fraction of sp³-hybridized carbons (Fsp3) is 0.476. The summed E-state index contributed by atoms with van der Waals surface area (Å²) in [6.07, 6.45) is 5.00. The van der Waals surface area contributed by atoms with Gasteiger partial charge in [0.05, 0.1) is 18.4 Å². The fourth-order valence-electron chi connectivity index (χ4n) is 3.55. The average Bonchev–Trinajstić information content (AvgIpc) is 3.22. The first-order chi connectivity index (χ1) is 13.2. The van der Waals surface area contributed by atoms with Crippen LogP contribution >= 0.6 is 0 Å². The number of benzene rings is 1. The highest BCUT2D eigenvalue weighted by atomic mass is 19.1. The molecule has 2 heterocycles. The summed E-state index contributed by atoms with van der Waals surface area (Å²) < 4.78 is 24.1. The molecule has 5 nitrogen and oxygen atoms in total. The Hall–Kier alpha value is -2.18. The number of amides is 1. The predicted octanol–water partition coefficient (Wildman–Crippen LogP) is 3.42. The third kappa shape index (κ3) is 5.40. The van der Waals surface area contributed by atoms with Crippen LogP contribution in [0.4, 0.5) is 4.39 Å². The van der Waals surface area contributed by atoms with Crippen LogP contribution in [0.2, 0.25) is 0 Å². The highest BCUT2D eigenvalue weighted by Crippen LogP contribution is 2.22. The van der Waals surface area contributed by atoms with Gasteiger partial charge in [0.15, 0.2) is 0 Å². The number of carbonyl (C=O) groups excluding carboxylic acids is 1. The van der Waals surface area contributed by atoms with Crippen LogP contribution in [0.5, 0.6) is 0 Å². The van der Waals surface area contributed by atoms with E-state index in [4.69, 9.17) is 9.15 Å². The molecule has 0 radical (unpaired) electrons. The highest BCUT2D eigenvalue weighted by Gasteiger charge is 2.25. The number of likely N-dealkylation sites (tertiary alicyclic amines) is 1. The van der Waals surface area contributed by atoms with Crippen LogP contribution in [0.25, 0.3) is 0 Å². The van der Waals surface area contributed by atoms with E-state index in [9.17, 15) is 9.18 Å². The van der Waals surface area contributed by atoms with Gasteiger partial charge in [-0.3, -0.25) is 9.69 Å². The maximum atomic E-state index is 13.8. The zero-order valence-corrected chi connectivity index (χ0v) is 15.8. The van der Waals surface area contributed by atoms with Gasteiger partial charge >= 0.3 is 0 Å². The first-order valence-corrected chi connectivity index (χ1v) is 9.43. The SMILES string of the molecule is COCCN(CC1CCN(Cc2ccccc2F)CC1)C(=O)c1ccoc1. The molecule has 27 heavy (non-hydrogen) atoms. The second-order valence-electron chi connectivity index (χ2n) is 7.07. The van der Waals surface area contributed by atoms with E-state index < -0.39 is 0 Å². The van der Waals surface area contributed by atoms with Gasteiger partial charge in [0, 0.05) is 32.3 Å². The van der Waals surface area contributed by atoms with Crippen LogP contribution < -0.4 is 0 Å². The molecule has 0 N–H and O–H groups in total. The Labute approximate surface area is 159 Å². The molecule has 6 heteroatoms. The van der Waals surface area contributed by atoms with Crippen molar-refractivity contribution in [3.8, 4) is 0 Å². The van der Waals surface area contributed by atoms with Crippen molar-refractivity contribution >= 4 is 5.91 Å². The summed E-state index contributed by atoms with van der Waals surface area (Å²) in [5, 5.41) is 0. The van der Waals surface area contributed by atoms with Crippen LogP contribution in [-0.2, 0) is 11.3 Å². The molecule has 1 aromatic heterocycles. The third-order valence-corrected chi connectivity index (χ3v) is 5.16. The smallest absolute Gasteiger partial charge is 0.257 e. The first kappa shape index (κ1) is 19.6. The molecule has 0 bridgehead atoms. The van der Waals surface area contributed by atoms with E-state index in [1.807, 2.05) is 17.0 Å². The van der Waals surface area contributed by atoms with Gasteiger partial charge in [-0.1, -0.05) is 18.2 Å². The van der Waals surface area contributed by atoms with Crippen molar-refractivity contribution in [2.24, 2.45) is 5.92 Å². The molecule has 0 unspecified atom stereocenters. The molecule has 1 amide bonds. The van der Waals surface area contributed by atoms with Gasteiger partial charge in [0.2, 0.25) is 0 Å². The molecule has 1 aliphatic heterocycles. The maximum absolute atomic E-state index is 13.8. The molecule has 1 aromatic carbocycles. The van der Waals surface area contributed by atoms with Gasteiger partial charge in [-0.2, -0.15) is 0 Å². The number of rotatable bonds is 8. The summed E-state index contributed by atoms with van der Waals surface area (Å²) in [6, 6.07) is 8.64. The molecule has 1 fully saturated rings. The van der Waals surface area contributed by atoms with Gasteiger partial charge in [0.25, 0.3) is 5.91 Å². The average molecular weight is 374 g/mol. The van der Waals surface area contributed by atoms with Gasteiger partial charge in [-0.15, -0.1) is 0 Å². The lowest BCUT2D eigenvalue weighted by Crippen LogP contribution is -2.42. The zero-order chi connectivity index (χ0) is 19.1. The molecular formula is C21H27FN2O3. The molecule has 1 saturated heterocycles. The summed E-state index contributed by atoms with van der Waals surface area (Å²) in [7, 11) is 1.64. The summed E-state index contributed by atoms with van der Waals surface area (Å²) in [5.74, 6) is 0.278. The van der Waals surface area contributed by atoms with Gasteiger partial charge in [0.1, 0.15) is 12.1 Å². The number of hydrogen-bond donors (Lipinski definition) is 0. The topological polar surface area (TPSA) is 45.9 Å². The van der Waals surface area contributed by atoms with Gasteiger partial charge in [-0.25, -0.2) is 4.39 Å². The lowest BCUT2D eigenvalue weighted by Gasteiger charge is -2.35. The lowest BCUT2D eigenvalue weighted by atomic mass is 9.95. The molecule has 0 saturated carbocycles. The van der Waals surface area contributed by atoms with Crippen molar-refractivity contribution in [2.45, 2.75) is 19.4 Å². The normalized spacial score (nSPS) is 15.8. The number of hydrogen-bond acceptors (Lipinski definition) is 4. The van der Waals surface area contributed by atoms with Gasteiger partial charge in [-0.05, 0) is 44.0 Å². The number of nitrogens with zero attached hydrogens (tertiary/aromatic N) is 2. The zero-order valence-electron chi connectivity index (χ0n) is 15.8. The van der Waals surface area contributed by atoms with E-state index in [2.05, 4.69) is 4.90 Å². The first-order valence-electron chi connectivity index (χ1n) is 9.43. The van der Waals surface area contributed by atoms with Crippen molar-refractivity contribution in [2.75, 3.05) is 39.9 Å². The molecule has 1 aliphatic rings. The van der Waals surface area contributed by atoms with E-state index in [1.54, 1.807) is 19.2 Å². The number of methoxy groups -OCH3 is 1. The van der Waals surface area contributed by atoms with Gasteiger partial charge < -0.3 is 14.1 Å². The Bertz CT molecular complexity index is 712. The van der Waals surface area contributed by atoms with E-state index in [0.717, 1.165) is 31.5 Å². The number of piperidine rings is 1. The minimum Gasteiger partial charge on any atom is -0.472 e. The summed E-state index contributed by atoms with van der Waals surface area (Å²) in [4.78, 5) is 16.8. The van der Waals surface area contributed by atoms with Crippen molar-refractivity contribution in [3.05, 3.63) is 59.8 Å². The van der Waals surface area contributed by atoms with E-state index in [0.29, 0.717) is 37.7 Å². The quantitative estimate of drug-likeness (QED) is 0.710. The molecule has 146 valence electrons. The van der Waals surface area contributed by atoms with Crippen LogP contribution in [0.15, 0.2) is 47.3 Å². The molecule has 0 aliphatic carbocycles.